The van der Waals surface area contributed by atoms with Crippen molar-refractivity contribution in [3.63, 3.8) is 0 Å². The molecule has 2 N–H and O–H groups in total. The van der Waals surface area contributed by atoms with E-state index in [4.69, 9.17) is 5.11 Å². The molecule has 1 aromatic carbocycles. The second-order valence-electron chi connectivity index (χ2n) is 4.29. The van der Waals surface area contributed by atoms with Crippen LogP contribution in [0.15, 0.2) is 41.5 Å². The van der Waals surface area contributed by atoms with Crippen molar-refractivity contribution in [1.82, 2.24) is 15.0 Å². The van der Waals surface area contributed by atoms with E-state index in [1.807, 2.05) is 0 Å². The van der Waals surface area contributed by atoms with Crippen LogP contribution in [-0.4, -0.2) is 26.0 Å². The molecule has 0 spiro atoms. The molecule has 6 nitrogen and oxygen atoms in total. The zero-order chi connectivity index (χ0) is 15.5. The minimum absolute atomic E-state index is 0.0180. The van der Waals surface area contributed by atoms with Crippen molar-refractivity contribution in [2.24, 2.45) is 0 Å². The molecule has 3 aromatic rings. The van der Waals surface area contributed by atoms with Crippen molar-refractivity contribution in [3.8, 4) is 11.3 Å². The lowest BCUT2D eigenvalue weighted by atomic mass is 10.1. The fourth-order valence-corrected chi connectivity index (χ4v) is 2.33. The number of aromatic carboxylic acids is 1. The number of benzene rings is 1. The van der Waals surface area contributed by atoms with E-state index in [0.29, 0.717) is 16.9 Å². The van der Waals surface area contributed by atoms with E-state index in [1.54, 1.807) is 23.0 Å². The van der Waals surface area contributed by atoms with Gasteiger partial charge in [0.05, 0.1) is 16.8 Å². The Labute approximate surface area is 128 Å². The molecule has 0 aliphatic heterocycles. The number of halogens is 1. The number of carboxylic acids is 1. The molecule has 0 amide bonds. The molecule has 0 unspecified atom stereocenters. The lowest BCUT2D eigenvalue weighted by molar-refractivity contribution is 0.0696. The topological polar surface area (TPSA) is 88.0 Å². The highest BCUT2D eigenvalue weighted by Crippen LogP contribution is 2.25. The fourth-order valence-electron chi connectivity index (χ4n) is 1.78. The first kappa shape index (κ1) is 14.1. The zero-order valence-electron chi connectivity index (χ0n) is 11.0. The van der Waals surface area contributed by atoms with Crippen LogP contribution in [0.1, 0.15) is 10.4 Å². The summed E-state index contributed by atoms with van der Waals surface area (Å²) in [6.07, 6.45) is 2.36. The molecule has 0 aliphatic carbocycles. The molecule has 0 aliphatic rings. The van der Waals surface area contributed by atoms with Crippen LogP contribution in [0.25, 0.3) is 11.3 Å². The maximum absolute atomic E-state index is 14.1. The molecule has 0 bridgehead atoms. The maximum atomic E-state index is 14.1. The Hall–Kier alpha value is -2.87. The van der Waals surface area contributed by atoms with Gasteiger partial charge in [-0.1, -0.05) is 0 Å². The highest BCUT2D eigenvalue weighted by atomic mass is 32.1. The van der Waals surface area contributed by atoms with Gasteiger partial charge in [-0.15, -0.1) is 11.3 Å². The summed E-state index contributed by atoms with van der Waals surface area (Å²) in [6, 6.07) is 4.59. The number of carbonyl (C=O) groups is 1. The predicted octanol–water partition coefficient (Wildman–Crippen LogP) is 3.18. The summed E-state index contributed by atoms with van der Waals surface area (Å²) < 4.78 is 14.1. The summed E-state index contributed by atoms with van der Waals surface area (Å²) in [5.74, 6) is -1.34. The van der Waals surface area contributed by atoms with Crippen molar-refractivity contribution in [2.75, 3.05) is 5.32 Å². The van der Waals surface area contributed by atoms with E-state index in [2.05, 4.69) is 20.3 Å². The van der Waals surface area contributed by atoms with Crippen LogP contribution in [0.5, 0.6) is 0 Å². The van der Waals surface area contributed by atoms with Gasteiger partial charge in [0.15, 0.2) is 0 Å². The monoisotopic (exact) mass is 316 g/mol. The van der Waals surface area contributed by atoms with Crippen LogP contribution in [0, 0.1) is 5.82 Å². The molecule has 22 heavy (non-hydrogen) atoms. The summed E-state index contributed by atoms with van der Waals surface area (Å²) in [4.78, 5) is 22.5. The molecule has 3 rings (SSSR count). The third kappa shape index (κ3) is 2.91. The second-order valence-corrected chi connectivity index (χ2v) is 5.01. The molecule has 2 heterocycles. The van der Waals surface area contributed by atoms with Crippen LogP contribution < -0.4 is 5.32 Å². The van der Waals surface area contributed by atoms with Gasteiger partial charge < -0.3 is 10.4 Å². The minimum Gasteiger partial charge on any atom is -0.478 e. The lowest BCUT2D eigenvalue weighted by Gasteiger charge is -2.06. The number of anilines is 2. The van der Waals surface area contributed by atoms with Gasteiger partial charge in [0.1, 0.15) is 5.82 Å². The van der Waals surface area contributed by atoms with Crippen molar-refractivity contribution in [1.29, 1.82) is 0 Å². The van der Waals surface area contributed by atoms with Gasteiger partial charge >= 0.3 is 5.97 Å². The summed E-state index contributed by atoms with van der Waals surface area (Å²) in [5, 5.41) is 13.3. The van der Waals surface area contributed by atoms with Crippen LogP contribution in [-0.2, 0) is 0 Å². The van der Waals surface area contributed by atoms with E-state index in [1.165, 1.54) is 29.8 Å². The Morgan fingerprint density at radius 1 is 1.23 bits per heavy atom. The zero-order valence-corrected chi connectivity index (χ0v) is 11.8. The van der Waals surface area contributed by atoms with Gasteiger partial charge in [-0.25, -0.2) is 24.1 Å². The quantitative estimate of drug-likeness (QED) is 0.768. The first-order chi connectivity index (χ1) is 10.6. The summed E-state index contributed by atoms with van der Waals surface area (Å²) in [7, 11) is 0. The number of hydrogen-bond donors (Lipinski definition) is 2. The standard InChI is InChI=1S/C14H9FN4O2S/c15-11-3-9(1-2-10(11)12-6-22-7-18-12)19-14-16-4-8(5-17-14)13(20)21/h1-7H,(H,20,21)(H,16,17,19). The van der Waals surface area contributed by atoms with Crippen LogP contribution in [0.3, 0.4) is 0 Å². The van der Waals surface area contributed by atoms with E-state index in [0.717, 1.165) is 0 Å². The Kier molecular flexibility index (Phi) is 3.75. The number of nitrogens with one attached hydrogen (secondary N) is 1. The average molecular weight is 316 g/mol. The fraction of sp³-hybridized carbons (Fsp3) is 0. The number of thiazole rings is 1. The Morgan fingerprint density at radius 3 is 2.59 bits per heavy atom. The molecule has 0 fully saturated rings. The largest absolute Gasteiger partial charge is 0.478 e. The van der Waals surface area contributed by atoms with Gasteiger partial charge in [0, 0.05) is 29.0 Å². The average Bonchev–Trinajstić information content (AvgIpc) is 3.02. The van der Waals surface area contributed by atoms with Crippen molar-refractivity contribution in [2.45, 2.75) is 0 Å². The normalized spacial score (nSPS) is 10.4. The molecule has 0 saturated carbocycles. The highest BCUT2D eigenvalue weighted by Gasteiger charge is 2.09. The molecular weight excluding hydrogens is 307 g/mol. The van der Waals surface area contributed by atoms with Gasteiger partial charge in [-0.2, -0.15) is 0 Å². The summed E-state index contributed by atoms with van der Waals surface area (Å²) >= 11 is 1.39. The highest BCUT2D eigenvalue weighted by molar-refractivity contribution is 7.07. The van der Waals surface area contributed by atoms with Crippen LogP contribution >= 0.6 is 11.3 Å². The second kappa shape index (κ2) is 5.86. The van der Waals surface area contributed by atoms with Gasteiger partial charge in [0.2, 0.25) is 5.95 Å². The third-order valence-electron chi connectivity index (χ3n) is 2.83. The molecular formula is C14H9FN4O2S. The number of aromatic nitrogens is 3. The smallest absolute Gasteiger partial charge is 0.338 e. The van der Waals surface area contributed by atoms with Gasteiger partial charge in [0.25, 0.3) is 0 Å². The number of hydrogen-bond acceptors (Lipinski definition) is 6. The van der Waals surface area contributed by atoms with Crippen LogP contribution in [0.2, 0.25) is 0 Å². The van der Waals surface area contributed by atoms with E-state index in [-0.39, 0.29) is 11.5 Å². The molecule has 8 heteroatoms. The predicted molar refractivity (Wildman–Crippen MR) is 79.8 cm³/mol. The first-order valence-corrected chi connectivity index (χ1v) is 7.08. The van der Waals surface area contributed by atoms with Gasteiger partial charge in [-0.05, 0) is 18.2 Å². The molecule has 2 aromatic heterocycles. The third-order valence-corrected chi connectivity index (χ3v) is 3.42. The maximum Gasteiger partial charge on any atom is 0.338 e. The minimum atomic E-state index is -1.11. The Morgan fingerprint density at radius 2 is 2.00 bits per heavy atom. The van der Waals surface area contributed by atoms with Crippen molar-refractivity contribution in [3.05, 3.63) is 52.9 Å². The Balaban J connectivity index is 1.81. The Bertz CT molecular complexity index is 806. The van der Waals surface area contributed by atoms with Gasteiger partial charge in [-0.3, -0.25) is 0 Å². The summed E-state index contributed by atoms with van der Waals surface area (Å²) in [5.41, 5.74) is 3.07. The first-order valence-electron chi connectivity index (χ1n) is 6.14. The molecule has 110 valence electrons. The van der Waals surface area contributed by atoms with Crippen molar-refractivity contribution >= 4 is 28.9 Å². The lowest BCUT2D eigenvalue weighted by Crippen LogP contribution is -2.02. The number of rotatable bonds is 4. The number of nitrogens with zero attached hydrogens (tertiary/aromatic N) is 3. The molecule has 0 saturated heterocycles. The van der Waals surface area contributed by atoms with Crippen LogP contribution in [0.4, 0.5) is 16.0 Å². The SMILES string of the molecule is O=C(O)c1cnc(Nc2ccc(-c3cscn3)c(F)c2)nc1. The van der Waals surface area contributed by atoms with Crippen molar-refractivity contribution < 1.29 is 14.3 Å². The van der Waals surface area contributed by atoms with E-state index in [9.17, 15) is 9.18 Å². The van der Waals surface area contributed by atoms with E-state index < -0.39 is 11.8 Å². The molecule has 0 radical (unpaired) electrons. The molecule has 0 atom stereocenters. The van der Waals surface area contributed by atoms with E-state index >= 15 is 0 Å². The summed E-state index contributed by atoms with van der Waals surface area (Å²) in [6.45, 7) is 0. The number of carboxylic acid groups (broad SMARTS) is 1.